The van der Waals surface area contributed by atoms with Crippen molar-refractivity contribution in [2.75, 3.05) is 23.7 Å². The number of benzene rings is 2. The maximum absolute atomic E-state index is 12.5. The first kappa shape index (κ1) is 19.8. The number of carbonyl (C=O) groups excluding carboxylic acids is 2. The average Bonchev–Trinajstić information content (AvgIpc) is 2.61. The van der Waals surface area contributed by atoms with Gasteiger partial charge in [0.25, 0.3) is 5.91 Å². The van der Waals surface area contributed by atoms with Gasteiger partial charge in [0.05, 0.1) is 0 Å². The number of nitrogens with one attached hydrogen (secondary N) is 2. The molecule has 0 radical (unpaired) electrons. The molecule has 2 aromatic rings. The van der Waals surface area contributed by atoms with Crippen LogP contribution in [0.1, 0.15) is 37.0 Å². The number of carbonyl (C=O) groups is 2. The third-order valence-corrected chi connectivity index (χ3v) is 3.98. The molecule has 0 saturated carbocycles. The quantitative estimate of drug-likeness (QED) is 0.696. The summed E-state index contributed by atoms with van der Waals surface area (Å²) in [5.41, 5.74) is 1.84. The van der Waals surface area contributed by atoms with E-state index < -0.39 is 0 Å². The Bertz CT molecular complexity index is 741. The van der Waals surface area contributed by atoms with Gasteiger partial charge in [-0.25, -0.2) is 4.79 Å². The smallest absolute Gasteiger partial charge is 0.323 e. The van der Waals surface area contributed by atoms with Crippen LogP contribution in [0.2, 0.25) is 5.02 Å². The Labute approximate surface area is 159 Å². The monoisotopic (exact) mass is 373 g/mol. The van der Waals surface area contributed by atoms with Crippen LogP contribution in [0, 0.1) is 0 Å². The summed E-state index contributed by atoms with van der Waals surface area (Å²) in [6.07, 6.45) is 1.85. The minimum atomic E-state index is -0.370. The van der Waals surface area contributed by atoms with E-state index in [0.717, 1.165) is 25.9 Å². The largest absolute Gasteiger partial charge is 0.339 e. The summed E-state index contributed by atoms with van der Waals surface area (Å²) in [5.74, 6) is 0.0172. The molecule has 0 aliphatic rings. The highest BCUT2D eigenvalue weighted by atomic mass is 35.5. The zero-order valence-corrected chi connectivity index (χ0v) is 15.8. The molecule has 2 rings (SSSR count). The molecule has 0 bridgehead atoms. The van der Waals surface area contributed by atoms with Crippen molar-refractivity contribution in [2.45, 2.75) is 26.7 Å². The molecule has 0 aromatic heterocycles. The molecule has 2 N–H and O–H groups in total. The van der Waals surface area contributed by atoms with Crippen molar-refractivity contribution in [3.05, 3.63) is 59.1 Å². The number of rotatable bonds is 7. The van der Waals surface area contributed by atoms with Crippen molar-refractivity contribution >= 4 is 34.9 Å². The molecule has 0 saturated heterocycles. The molecule has 0 fully saturated rings. The first-order valence-electron chi connectivity index (χ1n) is 8.76. The summed E-state index contributed by atoms with van der Waals surface area (Å²) in [6.45, 7) is 5.60. The second-order valence-corrected chi connectivity index (χ2v) is 6.40. The molecule has 3 amide bonds. The molecular formula is C20H24ClN3O2. The normalized spacial score (nSPS) is 10.3. The van der Waals surface area contributed by atoms with Gasteiger partial charge in [0.1, 0.15) is 0 Å². The molecule has 26 heavy (non-hydrogen) atoms. The van der Waals surface area contributed by atoms with Crippen molar-refractivity contribution in [1.29, 1.82) is 0 Å². The second kappa shape index (κ2) is 9.82. The van der Waals surface area contributed by atoms with Crippen LogP contribution in [0.25, 0.3) is 0 Å². The Morgan fingerprint density at radius 1 is 0.923 bits per heavy atom. The van der Waals surface area contributed by atoms with Crippen LogP contribution in [-0.4, -0.2) is 29.9 Å². The fourth-order valence-corrected chi connectivity index (χ4v) is 2.78. The molecule has 0 unspecified atom stereocenters. The van der Waals surface area contributed by atoms with Gasteiger partial charge in [0, 0.05) is 35.1 Å². The predicted octanol–water partition coefficient (Wildman–Crippen LogP) is 5.25. The van der Waals surface area contributed by atoms with E-state index in [4.69, 9.17) is 11.6 Å². The van der Waals surface area contributed by atoms with Crippen LogP contribution in [0.3, 0.4) is 0 Å². The van der Waals surface area contributed by atoms with E-state index in [1.54, 1.807) is 48.5 Å². The predicted molar refractivity (Wildman–Crippen MR) is 107 cm³/mol. The average molecular weight is 374 g/mol. The Kier molecular flexibility index (Phi) is 7.48. The highest BCUT2D eigenvalue weighted by molar-refractivity contribution is 6.30. The molecule has 5 nitrogen and oxygen atoms in total. The van der Waals surface area contributed by atoms with Gasteiger partial charge >= 0.3 is 6.03 Å². The zero-order valence-electron chi connectivity index (χ0n) is 15.1. The van der Waals surface area contributed by atoms with Crippen LogP contribution in [0.4, 0.5) is 16.2 Å². The summed E-state index contributed by atoms with van der Waals surface area (Å²) in [5, 5.41) is 6.00. The van der Waals surface area contributed by atoms with E-state index >= 15 is 0 Å². The van der Waals surface area contributed by atoms with Crippen LogP contribution < -0.4 is 10.6 Å². The molecule has 0 heterocycles. The summed E-state index contributed by atoms with van der Waals surface area (Å²) >= 11 is 5.90. The number of hydrogen-bond donors (Lipinski definition) is 2. The Hall–Kier alpha value is -2.53. The van der Waals surface area contributed by atoms with Crippen LogP contribution in [0.15, 0.2) is 48.5 Å². The highest BCUT2D eigenvalue weighted by Crippen LogP contribution is 2.16. The summed E-state index contributed by atoms with van der Waals surface area (Å²) in [7, 11) is 0. The Morgan fingerprint density at radius 2 is 1.54 bits per heavy atom. The summed E-state index contributed by atoms with van der Waals surface area (Å²) in [4.78, 5) is 26.5. The van der Waals surface area contributed by atoms with Crippen molar-refractivity contribution in [3.8, 4) is 0 Å². The van der Waals surface area contributed by atoms with E-state index in [-0.39, 0.29) is 11.9 Å². The van der Waals surface area contributed by atoms with Gasteiger partial charge in [-0.2, -0.15) is 0 Å². The van der Waals surface area contributed by atoms with Gasteiger partial charge in [-0.05, 0) is 55.3 Å². The van der Waals surface area contributed by atoms with E-state index in [1.807, 2.05) is 4.90 Å². The lowest BCUT2D eigenvalue weighted by Gasteiger charge is -2.21. The number of anilines is 2. The van der Waals surface area contributed by atoms with Gasteiger partial charge in [-0.3, -0.25) is 4.79 Å². The third kappa shape index (κ3) is 5.77. The fourth-order valence-electron chi connectivity index (χ4n) is 2.59. The first-order valence-corrected chi connectivity index (χ1v) is 9.14. The number of halogens is 1. The number of amides is 3. The van der Waals surface area contributed by atoms with Crippen molar-refractivity contribution < 1.29 is 9.59 Å². The molecule has 0 atom stereocenters. The molecular weight excluding hydrogens is 350 g/mol. The lowest BCUT2D eigenvalue weighted by Crippen LogP contribution is -2.32. The van der Waals surface area contributed by atoms with E-state index in [9.17, 15) is 9.59 Å². The van der Waals surface area contributed by atoms with Gasteiger partial charge in [0.2, 0.25) is 0 Å². The Morgan fingerprint density at radius 3 is 2.12 bits per heavy atom. The Balaban J connectivity index is 1.98. The number of urea groups is 1. The fraction of sp³-hybridized carbons (Fsp3) is 0.300. The van der Waals surface area contributed by atoms with E-state index in [0.29, 0.717) is 22.0 Å². The van der Waals surface area contributed by atoms with Crippen molar-refractivity contribution in [1.82, 2.24) is 4.90 Å². The number of nitrogens with zero attached hydrogens (tertiary/aromatic N) is 1. The minimum absolute atomic E-state index is 0.0172. The van der Waals surface area contributed by atoms with Gasteiger partial charge in [-0.15, -0.1) is 0 Å². The molecule has 0 aliphatic carbocycles. The van der Waals surface area contributed by atoms with Crippen LogP contribution in [0.5, 0.6) is 0 Å². The van der Waals surface area contributed by atoms with Crippen LogP contribution >= 0.6 is 11.6 Å². The zero-order chi connectivity index (χ0) is 18.9. The van der Waals surface area contributed by atoms with Gasteiger partial charge in [0.15, 0.2) is 0 Å². The molecule has 2 aromatic carbocycles. The highest BCUT2D eigenvalue weighted by Gasteiger charge is 2.14. The van der Waals surface area contributed by atoms with Gasteiger partial charge < -0.3 is 15.5 Å². The lowest BCUT2D eigenvalue weighted by molar-refractivity contribution is 0.0755. The molecule has 138 valence electrons. The summed E-state index contributed by atoms with van der Waals surface area (Å²) < 4.78 is 0. The van der Waals surface area contributed by atoms with E-state index in [1.165, 1.54) is 0 Å². The van der Waals surface area contributed by atoms with Crippen molar-refractivity contribution in [3.63, 3.8) is 0 Å². The lowest BCUT2D eigenvalue weighted by atomic mass is 10.1. The second-order valence-electron chi connectivity index (χ2n) is 5.96. The summed E-state index contributed by atoms with van der Waals surface area (Å²) in [6, 6.07) is 13.5. The van der Waals surface area contributed by atoms with Gasteiger partial charge in [-0.1, -0.05) is 31.5 Å². The maximum Gasteiger partial charge on any atom is 0.323 e. The van der Waals surface area contributed by atoms with Crippen molar-refractivity contribution in [2.24, 2.45) is 0 Å². The molecule has 0 aliphatic heterocycles. The first-order chi connectivity index (χ1) is 12.5. The third-order valence-electron chi connectivity index (χ3n) is 3.75. The number of hydrogen-bond acceptors (Lipinski definition) is 2. The molecule has 6 heteroatoms. The van der Waals surface area contributed by atoms with E-state index in [2.05, 4.69) is 24.5 Å². The standard InChI is InChI=1S/C20H24ClN3O2/c1-3-12-24(13-4-2)19(25)15-8-10-17(11-9-15)22-20(26)23-18-7-5-6-16(21)14-18/h5-11,14H,3-4,12-13H2,1-2H3,(H2,22,23,26). The SMILES string of the molecule is CCCN(CCC)C(=O)c1ccc(NC(=O)Nc2cccc(Cl)c2)cc1. The minimum Gasteiger partial charge on any atom is -0.339 e. The molecule has 0 spiro atoms. The topological polar surface area (TPSA) is 61.4 Å². The van der Waals surface area contributed by atoms with Crippen LogP contribution in [-0.2, 0) is 0 Å². The maximum atomic E-state index is 12.5.